The van der Waals surface area contributed by atoms with Crippen LogP contribution in [0.3, 0.4) is 0 Å². The first-order valence-electron chi connectivity index (χ1n) is 9.45. The molecular formula is C20H24FN3O3. The van der Waals surface area contributed by atoms with Gasteiger partial charge < -0.3 is 14.7 Å². The Morgan fingerprint density at radius 1 is 1.33 bits per heavy atom. The van der Waals surface area contributed by atoms with Gasteiger partial charge in [0.25, 0.3) is 5.91 Å². The highest BCUT2D eigenvalue weighted by molar-refractivity contribution is 5.95. The van der Waals surface area contributed by atoms with Gasteiger partial charge in [0.05, 0.1) is 5.56 Å². The van der Waals surface area contributed by atoms with E-state index < -0.39 is 5.82 Å². The third kappa shape index (κ3) is 3.56. The van der Waals surface area contributed by atoms with E-state index in [1.165, 1.54) is 12.1 Å². The van der Waals surface area contributed by atoms with Gasteiger partial charge in [-0.3, -0.25) is 9.48 Å². The lowest BCUT2D eigenvalue weighted by Crippen LogP contribution is -2.39. The maximum absolute atomic E-state index is 13.4. The Morgan fingerprint density at radius 3 is 2.93 bits per heavy atom. The maximum atomic E-state index is 13.4. The van der Waals surface area contributed by atoms with Crippen LogP contribution in [0.15, 0.2) is 24.4 Å². The summed E-state index contributed by atoms with van der Waals surface area (Å²) in [5.74, 6) is -0.926. The van der Waals surface area contributed by atoms with Crippen molar-refractivity contribution in [3.05, 3.63) is 47.0 Å². The van der Waals surface area contributed by atoms with E-state index in [0.717, 1.165) is 36.9 Å². The number of rotatable bonds is 3. The number of halogens is 1. The Bertz CT molecular complexity index is 845. The van der Waals surface area contributed by atoms with Crippen molar-refractivity contribution in [2.75, 3.05) is 19.7 Å². The van der Waals surface area contributed by atoms with Crippen LogP contribution in [0.5, 0.6) is 5.75 Å². The number of carbonyl (C=O) groups excluding carboxylic acids is 1. The molecule has 6 nitrogen and oxygen atoms in total. The van der Waals surface area contributed by atoms with Crippen LogP contribution >= 0.6 is 0 Å². The predicted octanol–water partition coefficient (Wildman–Crippen LogP) is 3.14. The van der Waals surface area contributed by atoms with Gasteiger partial charge >= 0.3 is 0 Å². The summed E-state index contributed by atoms with van der Waals surface area (Å²) in [5, 5.41) is 14.1. The molecule has 144 valence electrons. The molecule has 0 saturated carbocycles. The van der Waals surface area contributed by atoms with Gasteiger partial charge in [-0.1, -0.05) is 6.07 Å². The zero-order valence-corrected chi connectivity index (χ0v) is 15.4. The van der Waals surface area contributed by atoms with Crippen molar-refractivity contribution < 1.29 is 19.0 Å². The molecule has 0 aliphatic carbocycles. The van der Waals surface area contributed by atoms with E-state index in [9.17, 15) is 14.3 Å². The molecule has 2 fully saturated rings. The standard InChI is InChI=1S/C20H24FN3O3/c1-23-12-15(19(22-23)18-5-3-9-27-18)20(26)24-8-2-4-14(11-24)13-6-7-16(21)17(25)10-13/h6-7,10,12,14,18,25H,2-5,8-9,11H2,1H3. The van der Waals surface area contributed by atoms with Gasteiger partial charge in [0.1, 0.15) is 11.8 Å². The van der Waals surface area contributed by atoms with Gasteiger partial charge in [-0.2, -0.15) is 5.10 Å². The number of likely N-dealkylation sites (tertiary alicyclic amines) is 1. The van der Waals surface area contributed by atoms with E-state index in [1.807, 2.05) is 11.9 Å². The summed E-state index contributed by atoms with van der Waals surface area (Å²) in [4.78, 5) is 15.0. The Morgan fingerprint density at radius 2 is 2.19 bits per heavy atom. The summed E-state index contributed by atoms with van der Waals surface area (Å²) in [7, 11) is 1.82. The number of amides is 1. The van der Waals surface area contributed by atoms with Crippen LogP contribution in [-0.2, 0) is 11.8 Å². The van der Waals surface area contributed by atoms with Gasteiger partial charge in [-0.25, -0.2) is 4.39 Å². The quantitative estimate of drug-likeness (QED) is 0.898. The van der Waals surface area contributed by atoms with Crippen LogP contribution in [-0.4, -0.2) is 45.4 Å². The zero-order valence-electron chi connectivity index (χ0n) is 15.4. The Kier molecular flexibility index (Phi) is 4.86. The molecule has 2 unspecified atom stereocenters. The predicted molar refractivity (Wildman–Crippen MR) is 97.1 cm³/mol. The average Bonchev–Trinajstić information content (AvgIpc) is 3.33. The molecule has 3 heterocycles. The van der Waals surface area contributed by atoms with Crippen LogP contribution in [0.1, 0.15) is 59.3 Å². The van der Waals surface area contributed by atoms with Gasteiger partial charge in [0.15, 0.2) is 11.6 Å². The molecule has 0 bridgehead atoms. The number of hydrogen-bond acceptors (Lipinski definition) is 4. The van der Waals surface area contributed by atoms with Crippen molar-refractivity contribution >= 4 is 5.91 Å². The van der Waals surface area contributed by atoms with Gasteiger partial charge in [0, 0.05) is 38.9 Å². The SMILES string of the molecule is Cn1cc(C(=O)N2CCCC(c3ccc(F)c(O)c3)C2)c(C2CCCO2)n1. The molecule has 27 heavy (non-hydrogen) atoms. The van der Waals surface area contributed by atoms with Crippen molar-refractivity contribution in [2.45, 2.75) is 37.7 Å². The summed E-state index contributed by atoms with van der Waals surface area (Å²) >= 11 is 0. The van der Waals surface area contributed by atoms with Crippen LogP contribution < -0.4 is 0 Å². The molecule has 2 atom stereocenters. The third-order valence-electron chi connectivity index (χ3n) is 5.47. The van der Waals surface area contributed by atoms with E-state index in [4.69, 9.17) is 4.74 Å². The molecular weight excluding hydrogens is 349 g/mol. The summed E-state index contributed by atoms with van der Waals surface area (Å²) in [6.07, 6.45) is 5.29. The highest BCUT2D eigenvalue weighted by atomic mass is 19.1. The largest absolute Gasteiger partial charge is 0.505 e. The minimum absolute atomic E-state index is 0.0374. The van der Waals surface area contributed by atoms with Crippen molar-refractivity contribution in [3.63, 3.8) is 0 Å². The van der Waals surface area contributed by atoms with Gasteiger partial charge in [-0.05, 0) is 43.4 Å². The number of aryl methyl sites for hydroxylation is 1. The van der Waals surface area contributed by atoms with Crippen molar-refractivity contribution in [3.8, 4) is 5.75 Å². The number of phenolic OH excluding ortho intramolecular Hbond substituents is 1. The topological polar surface area (TPSA) is 67.6 Å². The summed E-state index contributed by atoms with van der Waals surface area (Å²) in [5.41, 5.74) is 2.19. The number of aromatic nitrogens is 2. The maximum Gasteiger partial charge on any atom is 0.257 e. The molecule has 1 N–H and O–H groups in total. The second-order valence-corrected chi connectivity index (χ2v) is 7.40. The number of nitrogens with zero attached hydrogens (tertiary/aromatic N) is 3. The van der Waals surface area contributed by atoms with E-state index >= 15 is 0 Å². The number of hydrogen-bond donors (Lipinski definition) is 1. The minimum Gasteiger partial charge on any atom is -0.505 e. The Labute approximate surface area is 157 Å². The molecule has 7 heteroatoms. The molecule has 0 spiro atoms. The van der Waals surface area contributed by atoms with E-state index in [1.54, 1.807) is 16.9 Å². The minimum atomic E-state index is -0.626. The lowest BCUT2D eigenvalue weighted by atomic mass is 9.90. The molecule has 2 aliphatic heterocycles. The molecule has 2 saturated heterocycles. The van der Waals surface area contributed by atoms with Crippen LogP contribution in [0.2, 0.25) is 0 Å². The monoisotopic (exact) mass is 373 g/mol. The van der Waals surface area contributed by atoms with Crippen LogP contribution in [0.4, 0.5) is 4.39 Å². The fraction of sp³-hybridized carbons (Fsp3) is 0.500. The zero-order chi connectivity index (χ0) is 19.0. The number of ether oxygens (including phenoxy) is 1. The molecule has 1 aromatic heterocycles. The first-order chi connectivity index (χ1) is 13.0. The first kappa shape index (κ1) is 18.0. The summed E-state index contributed by atoms with van der Waals surface area (Å²) in [6.45, 7) is 1.93. The molecule has 2 aliphatic rings. The summed E-state index contributed by atoms with van der Waals surface area (Å²) < 4.78 is 20.8. The van der Waals surface area contributed by atoms with E-state index in [2.05, 4.69) is 5.10 Å². The fourth-order valence-corrected chi connectivity index (χ4v) is 4.09. The first-order valence-corrected chi connectivity index (χ1v) is 9.45. The lowest BCUT2D eigenvalue weighted by molar-refractivity contribution is 0.0692. The highest BCUT2D eigenvalue weighted by Crippen LogP contribution is 2.33. The Hall–Kier alpha value is -2.41. The second kappa shape index (κ2) is 7.31. The van der Waals surface area contributed by atoms with Crippen LogP contribution in [0.25, 0.3) is 0 Å². The summed E-state index contributed by atoms with van der Waals surface area (Å²) in [6, 6.07) is 4.44. The van der Waals surface area contributed by atoms with Crippen molar-refractivity contribution in [2.24, 2.45) is 7.05 Å². The molecule has 1 aromatic carbocycles. The smallest absolute Gasteiger partial charge is 0.257 e. The Balaban J connectivity index is 1.54. The van der Waals surface area contributed by atoms with Crippen molar-refractivity contribution in [1.82, 2.24) is 14.7 Å². The number of phenols is 1. The third-order valence-corrected chi connectivity index (χ3v) is 5.47. The second-order valence-electron chi connectivity index (χ2n) is 7.40. The van der Waals surface area contributed by atoms with Gasteiger partial charge in [0.2, 0.25) is 0 Å². The number of piperidine rings is 1. The van der Waals surface area contributed by atoms with Crippen molar-refractivity contribution in [1.29, 1.82) is 0 Å². The average molecular weight is 373 g/mol. The van der Waals surface area contributed by atoms with E-state index in [-0.39, 0.29) is 23.7 Å². The number of carbonyl (C=O) groups is 1. The molecule has 2 aromatic rings. The highest BCUT2D eigenvalue weighted by Gasteiger charge is 2.31. The number of aromatic hydroxyl groups is 1. The van der Waals surface area contributed by atoms with E-state index in [0.29, 0.717) is 25.3 Å². The number of benzene rings is 1. The molecule has 4 rings (SSSR count). The molecule has 1 amide bonds. The fourth-order valence-electron chi connectivity index (χ4n) is 4.09. The normalized spacial score (nSPS) is 23.0. The van der Waals surface area contributed by atoms with Crippen LogP contribution in [0, 0.1) is 5.82 Å². The molecule has 0 radical (unpaired) electrons. The lowest BCUT2D eigenvalue weighted by Gasteiger charge is -2.33. The van der Waals surface area contributed by atoms with Gasteiger partial charge in [-0.15, -0.1) is 0 Å².